The number of primary amides is 1. The highest BCUT2D eigenvalue weighted by molar-refractivity contribution is 6.06. The SMILES string of the molecule is NC(=O)n1cc(NC(=O)N2CC(F)(F)C[C@H]2C(=O)Nc2cccc(OC(F)(F)F)c2)c2ccccc21. The summed E-state index contributed by atoms with van der Waals surface area (Å²) in [5.74, 6) is -5.06. The fraction of sp³-hybridized carbons (Fsp3) is 0.227. The number of nitrogens with two attached hydrogens (primary N) is 1. The molecule has 1 aliphatic rings. The van der Waals surface area contributed by atoms with Gasteiger partial charge in [-0.3, -0.25) is 9.36 Å². The molecule has 36 heavy (non-hydrogen) atoms. The number of likely N-dealkylation sites (tertiary alicyclic amines) is 1. The van der Waals surface area contributed by atoms with E-state index in [4.69, 9.17) is 5.73 Å². The highest BCUT2D eigenvalue weighted by Gasteiger charge is 2.50. The van der Waals surface area contributed by atoms with Crippen molar-refractivity contribution in [3.8, 4) is 5.75 Å². The smallest absolute Gasteiger partial charge is 0.406 e. The normalized spacial score (nSPS) is 17.1. The molecule has 0 unspecified atom stereocenters. The number of halogens is 5. The molecule has 1 aromatic heterocycles. The van der Waals surface area contributed by atoms with Gasteiger partial charge in [-0.15, -0.1) is 13.2 Å². The van der Waals surface area contributed by atoms with Crippen molar-refractivity contribution < 1.29 is 41.1 Å². The van der Waals surface area contributed by atoms with Crippen LogP contribution in [0.15, 0.2) is 54.7 Å². The highest BCUT2D eigenvalue weighted by Crippen LogP contribution is 2.34. The molecule has 2 aromatic carbocycles. The number of rotatable bonds is 4. The minimum absolute atomic E-state index is 0.0979. The van der Waals surface area contributed by atoms with Gasteiger partial charge in [-0.25, -0.2) is 18.4 Å². The molecule has 4 N–H and O–H groups in total. The summed E-state index contributed by atoms with van der Waals surface area (Å²) in [6, 6.07) is 7.12. The molecular weight excluding hydrogens is 493 g/mol. The molecule has 3 aromatic rings. The first-order chi connectivity index (χ1) is 16.8. The number of ether oxygens (including phenoxy) is 1. The minimum atomic E-state index is -4.97. The number of nitrogens with one attached hydrogen (secondary N) is 2. The van der Waals surface area contributed by atoms with Crippen LogP contribution in [0.2, 0.25) is 0 Å². The van der Waals surface area contributed by atoms with E-state index in [2.05, 4.69) is 15.4 Å². The van der Waals surface area contributed by atoms with Gasteiger partial charge in [0.15, 0.2) is 0 Å². The maximum absolute atomic E-state index is 14.2. The highest BCUT2D eigenvalue weighted by atomic mass is 19.4. The molecule has 0 aliphatic carbocycles. The molecular formula is C22H18F5N5O4. The van der Waals surface area contributed by atoms with Crippen molar-refractivity contribution in [2.45, 2.75) is 24.7 Å². The van der Waals surface area contributed by atoms with Gasteiger partial charge in [-0.2, -0.15) is 0 Å². The number of nitrogens with zero attached hydrogens (tertiary/aromatic N) is 2. The third-order valence-electron chi connectivity index (χ3n) is 5.36. The lowest BCUT2D eigenvalue weighted by Crippen LogP contribution is -2.45. The topological polar surface area (TPSA) is 119 Å². The largest absolute Gasteiger partial charge is 0.573 e. The van der Waals surface area contributed by atoms with Gasteiger partial charge in [-0.1, -0.05) is 24.3 Å². The number of para-hydroxylation sites is 1. The second-order valence-corrected chi connectivity index (χ2v) is 7.97. The third kappa shape index (κ3) is 5.31. The van der Waals surface area contributed by atoms with Crippen LogP contribution < -0.4 is 21.1 Å². The number of carbonyl (C=O) groups excluding carboxylic acids is 3. The van der Waals surface area contributed by atoms with E-state index in [-0.39, 0.29) is 11.4 Å². The van der Waals surface area contributed by atoms with E-state index in [1.165, 1.54) is 18.3 Å². The van der Waals surface area contributed by atoms with Gasteiger partial charge in [0.2, 0.25) is 5.91 Å². The van der Waals surface area contributed by atoms with Crippen LogP contribution >= 0.6 is 0 Å². The molecule has 0 saturated carbocycles. The van der Waals surface area contributed by atoms with Crippen LogP contribution in [0.4, 0.5) is 42.9 Å². The summed E-state index contributed by atoms with van der Waals surface area (Å²) in [7, 11) is 0. The summed E-state index contributed by atoms with van der Waals surface area (Å²) in [6.45, 7) is -1.08. The zero-order valence-corrected chi connectivity index (χ0v) is 18.2. The molecule has 1 atom stereocenters. The Bertz CT molecular complexity index is 1340. The number of fused-ring (bicyclic) bond motifs is 1. The number of urea groups is 1. The van der Waals surface area contributed by atoms with Crippen molar-refractivity contribution in [3.63, 3.8) is 0 Å². The molecule has 14 heteroatoms. The molecule has 9 nitrogen and oxygen atoms in total. The number of carbonyl (C=O) groups is 3. The number of alkyl halides is 5. The molecule has 1 fully saturated rings. The summed E-state index contributed by atoms with van der Waals surface area (Å²) in [6.07, 6.45) is -4.75. The number of hydrogen-bond acceptors (Lipinski definition) is 4. The van der Waals surface area contributed by atoms with E-state index in [0.717, 1.165) is 16.7 Å². The molecule has 0 spiro atoms. The zero-order chi connectivity index (χ0) is 26.3. The summed E-state index contributed by atoms with van der Waals surface area (Å²) in [5, 5.41) is 5.06. The molecule has 4 rings (SSSR count). The van der Waals surface area contributed by atoms with Crippen molar-refractivity contribution >= 4 is 40.2 Å². The van der Waals surface area contributed by atoms with Crippen molar-refractivity contribution in [2.24, 2.45) is 5.73 Å². The predicted octanol–water partition coefficient (Wildman–Crippen LogP) is 4.35. The Labute approximate surface area is 199 Å². The first-order valence-corrected chi connectivity index (χ1v) is 10.3. The van der Waals surface area contributed by atoms with Crippen molar-refractivity contribution in [1.82, 2.24) is 9.47 Å². The Morgan fingerprint density at radius 3 is 2.47 bits per heavy atom. The van der Waals surface area contributed by atoms with Crippen molar-refractivity contribution in [2.75, 3.05) is 17.2 Å². The minimum Gasteiger partial charge on any atom is -0.406 e. The first kappa shape index (κ1) is 24.8. The molecule has 1 aliphatic heterocycles. The standard InChI is InChI=1S/C22H18F5N5O4/c23-21(24)9-17(18(33)29-12-4-3-5-13(8-12)36-22(25,26)27)32(11-21)20(35)30-15-10-31(19(28)34)16-7-2-1-6-14(15)16/h1-8,10,17H,9,11H2,(H2,28,34)(H,29,33)(H,30,35)/t17-/m0/s1. The van der Waals surface area contributed by atoms with Crippen molar-refractivity contribution in [1.29, 1.82) is 0 Å². The molecule has 0 radical (unpaired) electrons. The lowest BCUT2D eigenvalue weighted by molar-refractivity contribution is -0.274. The van der Waals surface area contributed by atoms with Gasteiger partial charge in [0.05, 0.1) is 17.7 Å². The lowest BCUT2D eigenvalue weighted by atomic mass is 10.1. The van der Waals surface area contributed by atoms with Gasteiger partial charge < -0.3 is 26.0 Å². The van der Waals surface area contributed by atoms with Gasteiger partial charge in [0.1, 0.15) is 11.8 Å². The number of hydrogen-bond donors (Lipinski definition) is 3. The number of amides is 4. The van der Waals surface area contributed by atoms with Crippen LogP contribution in [-0.4, -0.2) is 52.3 Å². The average Bonchev–Trinajstić information content (AvgIpc) is 3.30. The Hall–Kier alpha value is -4.36. The van der Waals surface area contributed by atoms with E-state index in [0.29, 0.717) is 15.8 Å². The molecule has 1 saturated heterocycles. The zero-order valence-electron chi connectivity index (χ0n) is 18.2. The van der Waals surface area contributed by atoms with E-state index in [9.17, 15) is 36.3 Å². The second kappa shape index (κ2) is 9.02. The molecule has 190 valence electrons. The quantitative estimate of drug-likeness (QED) is 0.452. The third-order valence-corrected chi connectivity index (χ3v) is 5.36. The second-order valence-electron chi connectivity index (χ2n) is 7.97. The number of anilines is 2. The lowest BCUT2D eigenvalue weighted by Gasteiger charge is -2.23. The van der Waals surface area contributed by atoms with Crippen LogP contribution in [0.1, 0.15) is 6.42 Å². The monoisotopic (exact) mass is 511 g/mol. The Kier molecular flexibility index (Phi) is 6.20. The van der Waals surface area contributed by atoms with E-state index in [1.807, 2.05) is 0 Å². The van der Waals surface area contributed by atoms with Gasteiger partial charge in [0, 0.05) is 29.8 Å². The summed E-state index contributed by atoms with van der Waals surface area (Å²) in [5.41, 5.74) is 5.65. The Balaban J connectivity index is 1.54. The fourth-order valence-electron chi connectivity index (χ4n) is 3.91. The average molecular weight is 511 g/mol. The van der Waals surface area contributed by atoms with Gasteiger partial charge >= 0.3 is 18.4 Å². The van der Waals surface area contributed by atoms with Crippen LogP contribution in [0.3, 0.4) is 0 Å². The maximum atomic E-state index is 14.2. The van der Waals surface area contributed by atoms with Crippen LogP contribution in [-0.2, 0) is 4.79 Å². The van der Waals surface area contributed by atoms with E-state index >= 15 is 0 Å². The summed E-state index contributed by atoms with van der Waals surface area (Å²) in [4.78, 5) is 38.0. The van der Waals surface area contributed by atoms with Crippen LogP contribution in [0.25, 0.3) is 10.9 Å². The summed E-state index contributed by atoms with van der Waals surface area (Å²) < 4.78 is 70.7. The Morgan fingerprint density at radius 1 is 1.06 bits per heavy atom. The molecule has 4 amide bonds. The molecule has 2 heterocycles. The fourth-order valence-corrected chi connectivity index (χ4v) is 3.91. The maximum Gasteiger partial charge on any atom is 0.573 e. The Morgan fingerprint density at radius 2 is 1.78 bits per heavy atom. The van der Waals surface area contributed by atoms with Crippen molar-refractivity contribution in [3.05, 3.63) is 54.7 Å². The molecule has 0 bridgehead atoms. The van der Waals surface area contributed by atoms with Gasteiger partial charge in [-0.05, 0) is 18.2 Å². The van der Waals surface area contributed by atoms with Crippen LogP contribution in [0, 0.1) is 0 Å². The number of aromatic nitrogens is 1. The summed E-state index contributed by atoms with van der Waals surface area (Å²) >= 11 is 0. The van der Waals surface area contributed by atoms with E-state index < -0.39 is 55.0 Å². The van der Waals surface area contributed by atoms with E-state index in [1.54, 1.807) is 24.3 Å². The van der Waals surface area contributed by atoms with Crippen LogP contribution in [0.5, 0.6) is 5.75 Å². The predicted molar refractivity (Wildman–Crippen MR) is 118 cm³/mol. The first-order valence-electron chi connectivity index (χ1n) is 10.3. The number of benzene rings is 2. The van der Waals surface area contributed by atoms with Gasteiger partial charge in [0.25, 0.3) is 5.92 Å².